The number of fused-ring (bicyclic) bond motifs is 1. The van der Waals surface area contributed by atoms with E-state index >= 15 is 0 Å². The highest BCUT2D eigenvalue weighted by Crippen LogP contribution is 2.24. The van der Waals surface area contributed by atoms with Gasteiger partial charge in [0.15, 0.2) is 0 Å². The first-order chi connectivity index (χ1) is 6.90. The standard InChI is InChI=1S/C12H17NO/c14-9-10-4-3-6-11-5-1-2-7-12(11)13-8-10/h6,8,14H,1-5,7,9H2/b10-8+,11-6+,13-12+. The fourth-order valence-corrected chi connectivity index (χ4v) is 2.07. The maximum atomic E-state index is 9.05. The molecule has 1 heterocycles. The zero-order chi connectivity index (χ0) is 9.80. The minimum absolute atomic E-state index is 0.153. The van der Waals surface area contributed by atoms with E-state index in [-0.39, 0.29) is 6.61 Å². The molecule has 1 fully saturated rings. The Balaban J connectivity index is 2.21. The van der Waals surface area contributed by atoms with E-state index in [1.807, 2.05) is 6.20 Å². The van der Waals surface area contributed by atoms with Crippen LogP contribution in [0.1, 0.15) is 38.5 Å². The Bertz CT molecular complexity index is 299. The topological polar surface area (TPSA) is 32.6 Å². The number of aliphatic imine (C=N–C) groups is 1. The second-order valence-corrected chi connectivity index (χ2v) is 4.00. The van der Waals surface area contributed by atoms with E-state index in [0.29, 0.717) is 0 Å². The predicted octanol–water partition coefficient (Wildman–Crippen LogP) is 2.60. The molecule has 0 spiro atoms. The summed E-state index contributed by atoms with van der Waals surface area (Å²) < 4.78 is 0. The van der Waals surface area contributed by atoms with Crippen molar-refractivity contribution in [3.8, 4) is 0 Å². The van der Waals surface area contributed by atoms with Gasteiger partial charge in [0.05, 0.1) is 6.61 Å². The molecular weight excluding hydrogens is 174 g/mol. The summed E-state index contributed by atoms with van der Waals surface area (Å²) in [6.07, 6.45) is 11.1. The second kappa shape index (κ2) is 4.56. The van der Waals surface area contributed by atoms with Crippen molar-refractivity contribution in [3.05, 3.63) is 23.4 Å². The third-order valence-corrected chi connectivity index (χ3v) is 2.94. The van der Waals surface area contributed by atoms with Gasteiger partial charge in [-0.15, -0.1) is 0 Å². The van der Waals surface area contributed by atoms with Gasteiger partial charge in [-0.3, -0.25) is 4.99 Å². The van der Waals surface area contributed by atoms with Crippen LogP contribution in [0.25, 0.3) is 0 Å². The van der Waals surface area contributed by atoms with Crippen LogP contribution in [0.15, 0.2) is 28.4 Å². The molecule has 2 heteroatoms. The van der Waals surface area contributed by atoms with Gasteiger partial charge in [0.1, 0.15) is 0 Å². The molecule has 0 saturated heterocycles. The molecule has 2 nitrogen and oxygen atoms in total. The van der Waals surface area contributed by atoms with Crippen molar-refractivity contribution in [2.75, 3.05) is 6.61 Å². The lowest BCUT2D eigenvalue weighted by molar-refractivity contribution is 0.326. The molecular formula is C12H17NO. The van der Waals surface area contributed by atoms with Gasteiger partial charge in [-0.1, -0.05) is 6.08 Å². The molecule has 0 amide bonds. The minimum atomic E-state index is 0.153. The van der Waals surface area contributed by atoms with Crippen molar-refractivity contribution >= 4 is 5.71 Å². The molecule has 1 aliphatic carbocycles. The first-order valence-corrected chi connectivity index (χ1v) is 5.45. The van der Waals surface area contributed by atoms with Crippen LogP contribution in [0.2, 0.25) is 0 Å². The first-order valence-electron chi connectivity index (χ1n) is 5.45. The molecule has 0 radical (unpaired) electrons. The summed E-state index contributed by atoms with van der Waals surface area (Å²) >= 11 is 0. The third kappa shape index (κ3) is 2.13. The quantitative estimate of drug-likeness (QED) is 0.679. The zero-order valence-corrected chi connectivity index (χ0v) is 8.50. The number of aliphatic hydroxyl groups is 1. The van der Waals surface area contributed by atoms with Gasteiger partial charge in [0.2, 0.25) is 0 Å². The van der Waals surface area contributed by atoms with Crippen LogP contribution in [0.5, 0.6) is 0 Å². The Morgan fingerprint density at radius 2 is 2.07 bits per heavy atom. The monoisotopic (exact) mass is 191 g/mol. The molecule has 1 N–H and O–H groups in total. The van der Waals surface area contributed by atoms with E-state index in [9.17, 15) is 0 Å². The van der Waals surface area contributed by atoms with Crippen LogP contribution < -0.4 is 0 Å². The summed E-state index contributed by atoms with van der Waals surface area (Å²) in [6, 6.07) is 0. The minimum Gasteiger partial charge on any atom is -0.392 e. The van der Waals surface area contributed by atoms with Crippen LogP contribution >= 0.6 is 0 Å². The van der Waals surface area contributed by atoms with Crippen molar-refractivity contribution in [1.29, 1.82) is 0 Å². The van der Waals surface area contributed by atoms with Crippen LogP contribution in [-0.2, 0) is 0 Å². The molecule has 0 unspecified atom stereocenters. The van der Waals surface area contributed by atoms with E-state index < -0.39 is 0 Å². The average molecular weight is 191 g/mol. The van der Waals surface area contributed by atoms with Crippen molar-refractivity contribution < 1.29 is 5.11 Å². The lowest BCUT2D eigenvalue weighted by atomic mass is 9.91. The van der Waals surface area contributed by atoms with Crippen molar-refractivity contribution in [2.45, 2.75) is 38.5 Å². The highest BCUT2D eigenvalue weighted by Gasteiger charge is 2.13. The number of hydrogen-bond donors (Lipinski definition) is 1. The van der Waals surface area contributed by atoms with Crippen LogP contribution in [-0.4, -0.2) is 17.4 Å². The van der Waals surface area contributed by atoms with Gasteiger partial charge in [-0.05, 0) is 49.7 Å². The molecule has 2 rings (SSSR count). The van der Waals surface area contributed by atoms with Gasteiger partial charge in [0, 0.05) is 11.9 Å². The summed E-state index contributed by atoms with van der Waals surface area (Å²) in [5, 5.41) is 9.05. The fourth-order valence-electron chi connectivity index (χ4n) is 2.07. The molecule has 14 heavy (non-hydrogen) atoms. The highest BCUT2D eigenvalue weighted by molar-refractivity contribution is 6.01. The fraction of sp³-hybridized carbons (Fsp3) is 0.583. The predicted molar refractivity (Wildman–Crippen MR) is 58.4 cm³/mol. The third-order valence-electron chi connectivity index (χ3n) is 2.94. The van der Waals surface area contributed by atoms with Crippen molar-refractivity contribution in [3.63, 3.8) is 0 Å². The zero-order valence-electron chi connectivity index (χ0n) is 8.50. The second-order valence-electron chi connectivity index (χ2n) is 4.00. The van der Waals surface area contributed by atoms with E-state index in [4.69, 9.17) is 5.11 Å². The van der Waals surface area contributed by atoms with Crippen LogP contribution in [0, 0.1) is 0 Å². The Hall–Kier alpha value is -0.890. The Morgan fingerprint density at radius 1 is 1.21 bits per heavy atom. The number of aliphatic hydroxyl groups excluding tert-OH is 1. The van der Waals surface area contributed by atoms with Crippen LogP contribution in [0.3, 0.4) is 0 Å². The van der Waals surface area contributed by atoms with Gasteiger partial charge in [0.25, 0.3) is 0 Å². The number of rotatable bonds is 1. The summed E-state index contributed by atoms with van der Waals surface area (Å²) in [5.74, 6) is 0. The summed E-state index contributed by atoms with van der Waals surface area (Å²) in [5.41, 5.74) is 3.75. The van der Waals surface area contributed by atoms with E-state index in [1.165, 1.54) is 30.5 Å². The van der Waals surface area contributed by atoms with Gasteiger partial charge >= 0.3 is 0 Å². The maximum absolute atomic E-state index is 9.05. The maximum Gasteiger partial charge on any atom is 0.0659 e. The van der Waals surface area contributed by atoms with Crippen LogP contribution in [0.4, 0.5) is 0 Å². The Kier molecular flexibility index (Phi) is 3.14. The largest absolute Gasteiger partial charge is 0.392 e. The molecule has 0 bridgehead atoms. The smallest absolute Gasteiger partial charge is 0.0659 e. The number of nitrogens with zero attached hydrogens (tertiary/aromatic N) is 1. The van der Waals surface area contributed by atoms with E-state index in [2.05, 4.69) is 11.1 Å². The van der Waals surface area contributed by atoms with Gasteiger partial charge in [-0.25, -0.2) is 0 Å². The summed E-state index contributed by atoms with van der Waals surface area (Å²) in [7, 11) is 0. The van der Waals surface area contributed by atoms with Crippen molar-refractivity contribution in [2.24, 2.45) is 4.99 Å². The first kappa shape index (κ1) is 9.66. The molecule has 0 aromatic carbocycles. The molecule has 0 aromatic rings. The number of allylic oxidation sites excluding steroid dienone is 2. The summed E-state index contributed by atoms with van der Waals surface area (Å²) in [4.78, 5) is 4.48. The Morgan fingerprint density at radius 3 is 2.93 bits per heavy atom. The number of hydrogen-bond acceptors (Lipinski definition) is 2. The van der Waals surface area contributed by atoms with E-state index in [1.54, 1.807) is 0 Å². The lowest BCUT2D eigenvalue weighted by Crippen LogP contribution is -2.10. The molecule has 76 valence electrons. The summed E-state index contributed by atoms with van der Waals surface area (Å²) in [6.45, 7) is 0.153. The SMILES string of the molecule is OC/C1=C/N=C2\CCCC\C2=C/CC1. The highest BCUT2D eigenvalue weighted by atomic mass is 16.3. The van der Waals surface area contributed by atoms with Crippen molar-refractivity contribution in [1.82, 2.24) is 0 Å². The average Bonchev–Trinajstić information content (AvgIpc) is 2.19. The molecule has 2 aliphatic rings. The Labute approximate surface area is 85.1 Å². The molecule has 0 atom stereocenters. The van der Waals surface area contributed by atoms with Gasteiger partial charge in [-0.2, -0.15) is 0 Å². The van der Waals surface area contributed by atoms with Gasteiger partial charge < -0.3 is 5.11 Å². The lowest BCUT2D eigenvalue weighted by Gasteiger charge is -2.18. The normalized spacial score (nSPS) is 33.6. The molecule has 1 aliphatic heterocycles. The van der Waals surface area contributed by atoms with E-state index in [0.717, 1.165) is 24.8 Å². The molecule has 0 aromatic heterocycles. The molecule has 1 saturated carbocycles.